The molecule has 0 fully saturated rings. The fourth-order valence-corrected chi connectivity index (χ4v) is 4.36. The van der Waals surface area contributed by atoms with Gasteiger partial charge in [0.2, 0.25) is 11.7 Å². The van der Waals surface area contributed by atoms with Gasteiger partial charge in [-0.15, -0.1) is 0 Å². The summed E-state index contributed by atoms with van der Waals surface area (Å²) in [5, 5.41) is 27.4. The van der Waals surface area contributed by atoms with E-state index in [9.17, 15) is 15.0 Å². The smallest absolute Gasteiger partial charge is 0.258 e. The van der Waals surface area contributed by atoms with E-state index in [1.54, 1.807) is 0 Å². The SMILES string of the molecule is CCCNCc1cc(CCC)cc(-c2nc(-c3cc(C)c(OC[C@@H](O)CC(O)C(N)=O)c(CC)c3)no2)c1. The van der Waals surface area contributed by atoms with Gasteiger partial charge in [0.05, 0.1) is 6.10 Å². The number of aryl methyl sites for hydroxylation is 3. The molecule has 1 unspecified atom stereocenters. The van der Waals surface area contributed by atoms with Crippen LogP contribution in [-0.4, -0.2) is 51.6 Å². The van der Waals surface area contributed by atoms with Crippen LogP contribution in [-0.2, 0) is 24.2 Å². The molecule has 3 rings (SSSR count). The van der Waals surface area contributed by atoms with Gasteiger partial charge in [-0.1, -0.05) is 38.4 Å². The summed E-state index contributed by atoms with van der Waals surface area (Å²) in [5.74, 6) is 0.728. The molecule has 0 spiro atoms. The molecule has 3 aromatic rings. The topological polar surface area (TPSA) is 144 Å². The second-order valence-corrected chi connectivity index (χ2v) is 9.64. The van der Waals surface area contributed by atoms with Gasteiger partial charge in [0.1, 0.15) is 18.5 Å². The molecule has 0 aliphatic rings. The highest BCUT2D eigenvalue weighted by Crippen LogP contribution is 2.32. The van der Waals surface area contributed by atoms with Crippen LogP contribution in [0.25, 0.3) is 22.8 Å². The van der Waals surface area contributed by atoms with Crippen LogP contribution in [0.3, 0.4) is 0 Å². The van der Waals surface area contributed by atoms with Gasteiger partial charge in [0.25, 0.3) is 5.89 Å². The minimum absolute atomic E-state index is 0.0760. The Balaban J connectivity index is 1.82. The zero-order chi connectivity index (χ0) is 27.7. The van der Waals surface area contributed by atoms with Crippen molar-refractivity contribution >= 4 is 5.91 Å². The van der Waals surface area contributed by atoms with Crippen LogP contribution in [0, 0.1) is 6.92 Å². The Labute approximate surface area is 224 Å². The van der Waals surface area contributed by atoms with Crippen molar-refractivity contribution in [2.75, 3.05) is 13.2 Å². The van der Waals surface area contributed by atoms with E-state index in [0.29, 0.717) is 23.9 Å². The highest BCUT2D eigenvalue weighted by Gasteiger charge is 2.19. The van der Waals surface area contributed by atoms with Crippen molar-refractivity contribution in [3.05, 3.63) is 52.6 Å². The number of nitrogens with two attached hydrogens (primary N) is 1. The molecule has 1 amide bonds. The Hall–Kier alpha value is -3.27. The lowest BCUT2D eigenvalue weighted by atomic mass is 10.0. The Bertz CT molecular complexity index is 1210. The lowest BCUT2D eigenvalue weighted by Crippen LogP contribution is -2.33. The van der Waals surface area contributed by atoms with Crippen molar-refractivity contribution in [3.63, 3.8) is 0 Å². The fraction of sp³-hybridized carbons (Fsp3) is 0.483. The maximum absolute atomic E-state index is 11.0. The minimum Gasteiger partial charge on any atom is -0.490 e. The zero-order valence-electron chi connectivity index (χ0n) is 22.8. The predicted molar refractivity (Wildman–Crippen MR) is 147 cm³/mol. The van der Waals surface area contributed by atoms with Crippen LogP contribution in [0.2, 0.25) is 0 Å². The van der Waals surface area contributed by atoms with Gasteiger partial charge in [-0.3, -0.25) is 4.79 Å². The number of nitrogens with zero attached hydrogens (tertiary/aromatic N) is 2. The average molecular weight is 525 g/mol. The Morgan fingerprint density at radius 1 is 1.08 bits per heavy atom. The highest BCUT2D eigenvalue weighted by atomic mass is 16.5. The van der Waals surface area contributed by atoms with Gasteiger partial charge < -0.3 is 30.5 Å². The van der Waals surface area contributed by atoms with E-state index in [2.05, 4.69) is 42.5 Å². The molecule has 0 saturated heterocycles. The molecule has 0 radical (unpaired) electrons. The first-order valence-corrected chi connectivity index (χ1v) is 13.3. The van der Waals surface area contributed by atoms with Gasteiger partial charge >= 0.3 is 0 Å². The lowest BCUT2D eigenvalue weighted by molar-refractivity contribution is -0.127. The molecule has 0 aliphatic carbocycles. The van der Waals surface area contributed by atoms with E-state index >= 15 is 0 Å². The molecule has 5 N–H and O–H groups in total. The molecule has 206 valence electrons. The number of ether oxygens (including phenoxy) is 1. The second-order valence-electron chi connectivity index (χ2n) is 9.64. The standard InChI is InChI=1S/C29H40N4O5/c1-5-8-19-11-20(16-31-9-6-2)13-23(12-19)29-32-28(33-38-29)22-10-18(4)26(21(7-3)14-22)37-17-24(34)15-25(35)27(30)36/h10-14,24-25,31,34-35H,5-9,15-17H2,1-4H3,(H2,30,36)/t24-,25?/m0/s1. The summed E-state index contributed by atoms with van der Waals surface area (Å²) >= 11 is 0. The van der Waals surface area contributed by atoms with Gasteiger partial charge in [-0.05, 0) is 79.3 Å². The Kier molecular flexibility index (Phi) is 10.8. The fourth-order valence-electron chi connectivity index (χ4n) is 4.36. The molecular formula is C29H40N4O5. The second kappa shape index (κ2) is 14.0. The summed E-state index contributed by atoms with van der Waals surface area (Å²) in [7, 11) is 0. The van der Waals surface area contributed by atoms with Crippen molar-refractivity contribution in [2.45, 2.75) is 78.6 Å². The molecule has 9 heteroatoms. The van der Waals surface area contributed by atoms with Crippen molar-refractivity contribution in [2.24, 2.45) is 5.73 Å². The van der Waals surface area contributed by atoms with Crippen molar-refractivity contribution < 1.29 is 24.3 Å². The van der Waals surface area contributed by atoms with Crippen LogP contribution in [0.1, 0.15) is 62.3 Å². The van der Waals surface area contributed by atoms with Crippen molar-refractivity contribution in [3.8, 4) is 28.6 Å². The molecular weight excluding hydrogens is 484 g/mol. The number of aliphatic hydroxyl groups is 2. The van der Waals surface area contributed by atoms with Crippen LogP contribution in [0.5, 0.6) is 5.75 Å². The van der Waals surface area contributed by atoms with Crippen molar-refractivity contribution in [1.82, 2.24) is 15.5 Å². The van der Waals surface area contributed by atoms with Gasteiger partial charge in [0, 0.05) is 24.1 Å². The highest BCUT2D eigenvalue weighted by molar-refractivity contribution is 5.78. The lowest BCUT2D eigenvalue weighted by Gasteiger charge is -2.18. The summed E-state index contributed by atoms with van der Waals surface area (Å²) < 4.78 is 11.6. The zero-order valence-corrected chi connectivity index (χ0v) is 22.8. The Morgan fingerprint density at radius 3 is 2.53 bits per heavy atom. The van der Waals surface area contributed by atoms with E-state index in [4.69, 9.17) is 20.0 Å². The van der Waals surface area contributed by atoms with Gasteiger partial charge in [-0.2, -0.15) is 4.98 Å². The number of benzene rings is 2. The van der Waals surface area contributed by atoms with E-state index in [-0.39, 0.29) is 13.0 Å². The number of hydrogen-bond acceptors (Lipinski definition) is 8. The summed E-state index contributed by atoms with van der Waals surface area (Å²) in [6.07, 6.45) is 1.16. The average Bonchev–Trinajstić information content (AvgIpc) is 3.38. The third-order valence-electron chi connectivity index (χ3n) is 6.25. The molecule has 2 aromatic carbocycles. The molecule has 2 atom stereocenters. The van der Waals surface area contributed by atoms with E-state index in [1.807, 2.05) is 26.0 Å². The third kappa shape index (κ3) is 7.86. The van der Waals surface area contributed by atoms with Gasteiger partial charge in [0.15, 0.2) is 0 Å². The van der Waals surface area contributed by atoms with Crippen molar-refractivity contribution in [1.29, 1.82) is 0 Å². The number of rotatable bonds is 15. The Morgan fingerprint density at radius 2 is 1.84 bits per heavy atom. The normalized spacial score (nSPS) is 12.9. The monoisotopic (exact) mass is 524 g/mol. The number of primary amides is 1. The molecule has 0 bridgehead atoms. The van der Waals surface area contributed by atoms with E-state index in [0.717, 1.165) is 54.6 Å². The largest absolute Gasteiger partial charge is 0.490 e. The number of carbonyl (C=O) groups is 1. The summed E-state index contributed by atoms with van der Waals surface area (Å²) in [4.78, 5) is 15.8. The van der Waals surface area contributed by atoms with Crippen LogP contribution >= 0.6 is 0 Å². The molecule has 1 aromatic heterocycles. The number of hydrogen-bond donors (Lipinski definition) is 4. The van der Waals surface area contributed by atoms with Crippen LogP contribution < -0.4 is 15.8 Å². The molecule has 0 saturated carbocycles. The molecule has 9 nitrogen and oxygen atoms in total. The molecule has 38 heavy (non-hydrogen) atoms. The minimum atomic E-state index is -1.42. The summed E-state index contributed by atoms with van der Waals surface area (Å²) in [6, 6.07) is 10.3. The van der Waals surface area contributed by atoms with Crippen LogP contribution in [0.4, 0.5) is 0 Å². The quantitative estimate of drug-likeness (QED) is 0.220. The van der Waals surface area contributed by atoms with E-state index in [1.165, 1.54) is 11.1 Å². The van der Waals surface area contributed by atoms with Gasteiger partial charge in [-0.25, -0.2) is 0 Å². The summed E-state index contributed by atoms with van der Waals surface area (Å²) in [5.41, 5.74) is 11.0. The number of aromatic nitrogens is 2. The van der Waals surface area contributed by atoms with Crippen LogP contribution in [0.15, 0.2) is 34.9 Å². The number of aliphatic hydroxyl groups excluding tert-OH is 2. The molecule has 0 aliphatic heterocycles. The third-order valence-corrected chi connectivity index (χ3v) is 6.25. The predicted octanol–water partition coefficient (Wildman–Crippen LogP) is 3.70. The summed E-state index contributed by atoms with van der Waals surface area (Å²) in [6.45, 7) is 9.91. The maximum atomic E-state index is 11.0. The first-order valence-electron chi connectivity index (χ1n) is 13.3. The molecule has 1 heterocycles. The first kappa shape index (κ1) is 29.3. The number of amides is 1. The first-order chi connectivity index (χ1) is 18.2. The van der Waals surface area contributed by atoms with E-state index < -0.39 is 18.1 Å². The number of carbonyl (C=O) groups excluding carboxylic acids is 1. The number of nitrogens with one attached hydrogen (secondary N) is 1. The maximum Gasteiger partial charge on any atom is 0.258 e.